The zero-order valence-electron chi connectivity index (χ0n) is 24.2. The fraction of sp³-hybridized carbons (Fsp3) is 0. The van der Waals surface area contributed by atoms with Gasteiger partial charge in [0.15, 0.2) is 0 Å². The van der Waals surface area contributed by atoms with Crippen LogP contribution in [0.15, 0.2) is 176 Å². The normalized spacial score (nSPS) is 11.8. The minimum absolute atomic E-state index is 0.133. The number of hydrogen-bond donors (Lipinski definition) is 0. The van der Waals surface area contributed by atoms with Crippen LogP contribution < -0.4 is 21.1 Å². The summed E-state index contributed by atoms with van der Waals surface area (Å²) in [5.41, 5.74) is 13.2. The van der Waals surface area contributed by atoms with Crippen LogP contribution in [0.25, 0.3) is 44.5 Å². The zero-order chi connectivity index (χ0) is 29.3. The molecule has 0 spiro atoms. The fourth-order valence-corrected chi connectivity index (χ4v) is 6.41. The average Bonchev–Trinajstić information content (AvgIpc) is 3.11. The molecule has 1 aliphatic rings. The summed E-state index contributed by atoms with van der Waals surface area (Å²) in [7, 11) is 0. The molecule has 1 nitrogen and oxygen atoms in total. The first-order valence-corrected chi connectivity index (χ1v) is 15.1. The van der Waals surface area contributed by atoms with Crippen molar-refractivity contribution < 1.29 is 4.74 Å². The maximum absolute atomic E-state index is 6.54. The number of ether oxygens (including phenoxy) is 1. The number of rotatable bonds is 5. The Morgan fingerprint density at radius 3 is 1.41 bits per heavy atom. The predicted octanol–water partition coefficient (Wildman–Crippen LogP) is 8.98. The molecule has 1 heterocycles. The van der Waals surface area contributed by atoms with Gasteiger partial charge >= 0.3 is 0 Å². The van der Waals surface area contributed by atoms with Crippen molar-refractivity contribution in [2.24, 2.45) is 0 Å². The van der Waals surface area contributed by atoms with Crippen LogP contribution in [0.4, 0.5) is 0 Å². The third kappa shape index (κ3) is 4.91. The summed E-state index contributed by atoms with van der Waals surface area (Å²) in [5.74, 6) is 1.84. The van der Waals surface area contributed by atoms with Gasteiger partial charge in [-0.15, -0.1) is 0 Å². The van der Waals surface area contributed by atoms with E-state index < -0.39 is 0 Å². The molecule has 0 aromatic heterocycles. The summed E-state index contributed by atoms with van der Waals surface area (Å²) in [5, 5.41) is 0. The van der Waals surface area contributed by atoms with E-state index >= 15 is 0 Å². The Morgan fingerprint density at radius 2 is 0.750 bits per heavy atom. The van der Waals surface area contributed by atoms with Crippen molar-refractivity contribution >= 4 is 23.1 Å². The van der Waals surface area contributed by atoms with Crippen molar-refractivity contribution in [2.45, 2.75) is 0 Å². The van der Waals surface area contributed by atoms with Crippen LogP contribution in [0.5, 0.6) is 11.5 Å². The van der Waals surface area contributed by atoms with Crippen molar-refractivity contribution in [1.29, 1.82) is 0 Å². The summed E-state index contributed by atoms with van der Waals surface area (Å²) >= 11 is 0. The van der Waals surface area contributed by atoms with Gasteiger partial charge in [-0.1, -0.05) is 145 Å². The molecule has 44 heavy (non-hydrogen) atoms. The Kier molecular flexibility index (Phi) is 6.66. The average molecular weight is 561 g/mol. The lowest BCUT2D eigenvalue weighted by atomic mass is 9.36. The minimum atomic E-state index is 0.133. The number of fused-ring (bicyclic) bond motifs is 2. The van der Waals surface area contributed by atoms with Gasteiger partial charge in [-0.25, -0.2) is 0 Å². The van der Waals surface area contributed by atoms with E-state index in [0.29, 0.717) is 0 Å². The van der Waals surface area contributed by atoms with Crippen LogP contribution in [-0.2, 0) is 0 Å². The maximum Gasteiger partial charge on any atom is 0.250 e. The van der Waals surface area contributed by atoms with Gasteiger partial charge in [0.05, 0.1) is 0 Å². The second-order valence-electron chi connectivity index (χ2n) is 11.3. The molecule has 8 rings (SSSR count). The van der Waals surface area contributed by atoms with Crippen LogP contribution in [0.3, 0.4) is 0 Å². The van der Waals surface area contributed by atoms with Gasteiger partial charge in [-0.3, -0.25) is 0 Å². The predicted molar refractivity (Wildman–Crippen MR) is 186 cm³/mol. The van der Waals surface area contributed by atoms with Gasteiger partial charge in [0.25, 0.3) is 6.71 Å². The van der Waals surface area contributed by atoms with Crippen molar-refractivity contribution in [3.63, 3.8) is 0 Å². The molecule has 1 aliphatic heterocycles. The molecule has 0 radical (unpaired) electrons. The molecule has 0 bridgehead atoms. The van der Waals surface area contributed by atoms with E-state index in [1.165, 1.54) is 49.8 Å². The lowest BCUT2D eigenvalue weighted by Gasteiger charge is -2.27. The maximum atomic E-state index is 6.54. The first kappa shape index (κ1) is 26.1. The molecule has 0 amide bonds. The Morgan fingerprint density at radius 1 is 0.295 bits per heavy atom. The molecule has 2 heteroatoms. The van der Waals surface area contributed by atoms with Crippen LogP contribution in [0.2, 0.25) is 0 Å². The summed E-state index contributed by atoms with van der Waals surface area (Å²) in [6.45, 7) is 0.133. The molecule has 206 valence electrons. The van der Waals surface area contributed by atoms with Gasteiger partial charge in [-0.05, 0) is 91.8 Å². The quantitative estimate of drug-likeness (QED) is 0.191. The van der Waals surface area contributed by atoms with Crippen LogP contribution >= 0.6 is 0 Å². The number of para-hydroxylation sites is 1. The molecule has 7 aromatic rings. The Balaban J connectivity index is 1.21. The topological polar surface area (TPSA) is 9.23 Å². The molecule has 0 aliphatic carbocycles. The van der Waals surface area contributed by atoms with E-state index in [4.69, 9.17) is 4.74 Å². The molecule has 7 aromatic carbocycles. The highest BCUT2D eigenvalue weighted by atomic mass is 16.5. The first-order valence-electron chi connectivity index (χ1n) is 15.1. The molecular formula is C42H29BO. The summed E-state index contributed by atoms with van der Waals surface area (Å²) in [4.78, 5) is 0. The van der Waals surface area contributed by atoms with E-state index in [0.717, 1.165) is 22.6 Å². The number of hydrogen-bond acceptors (Lipinski definition) is 1. The molecule has 0 atom stereocenters. The van der Waals surface area contributed by atoms with E-state index in [1.54, 1.807) is 0 Å². The Bertz CT molecular complexity index is 2030. The minimum Gasteiger partial charge on any atom is -0.458 e. The number of benzene rings is 7. The summed E-state index contributed by atoms with van der Waals surface area (Å²) in [6, 6.07) is 62.8. The van der Waals surface area contributed by atoms with Crippen LogP contribution in [-0.4, -0.2) is 6.71 Å². The highest BCUT2D eigenvalue weighted by Gasteiger charge is 2.32. The van der Waals surface area contributed by atoms with Crippen molar-refractivity contribution in [2.75, 3.05) is 0 Å². The Labute approximate surface area is 259 Å². The highest BCUT2D eigenvalue weighted by molar-refractivity contribution is 6.96. The van der Waals surface area contributed by atoms with Gasteiger partial charge in [-0.2, -0.15) is 0 Å². The highest BCUT2D eigenvalue weighted by Crippen LogP contribution is 2.35. The van der Waals surface area contributed by atoms with Crippen LogP contribution in [0, 0.1) is 0 Å². The van der Waals surface area contributed by atoms with Gasteiger partial charge < -0.3 is 4.74 Å². The molecule has 0 saturated heterocycles. The standard InChI is InChI=1S/C42H29BO/c1-4-13-30(14-5-1)35-26-36(31-15-6-2-7-16-31)28-37(27-35)33-18-12-17-32(25-33)34-23-24-40-42(29-34)44-41-22-11-10-21-39(41)43(40)38-19-8-3-9-20-38/h1-29H. The third-order valence-electron chi connectivity index (χ3n) is 8.58. The van der Waals surface area contributed by atoms with E-state index in [2.05, 4.69) is 170 Å². The zero-order valence-corrected chi connectivity index (χ0v) is 24.2. The smallest absolute Gasteiger partial charge is 0.250 e. The fourth-order valence-electron chi connectivity index (χ4n) is 6.41. The molecular weight excluding hydrogens is 531 g/mol. The second kappa shape index (κ2) is 11.2. The van der Waals surface area contributed by atoms with Gasteiger partial charge in [0, 0.05) is 0 Å². The SMILES string of the molecule is c1ccc(B2c3ccccc3Oc3cc(-c4cccc(-c5cc(-c6ccccc6)cc(-c6ccccc6)c5)c4)ccc32)cc1. The van der Waals surface area contributed by atoms with E-state index in [9.17, 15) is 0 Å². The van der Waals surface area contributed by atoms with Crippen molar-refractivity contribution in [1.82, 2.24) is 0 Å². The lowest BCUT2D eigenvalue weighted by Crippen LogP contribution is -2.54. The molecule has 0 fully saturated rings. The second-order valence-corrected chi connectivity index (χ2v) is 11.3. The van der Waals surface area contributed by atoms with Crippen molar-refractivity contribution in [3.05, 3.63) is 176 Å². The monoisotopic (exact) mass is 560 g/mol. The first-order chi connectivity index (χ1) is 21.8. The molecule has 0 unspecified atom stereocenters. The lowest BCUT2D eigenvalue weighted by molar-refractivity contribution is 0.487. The molecule has 0 N–H and O–H groups in total. The summed E-state index contributed by atoms with van der Waals surface area (Å²) in [6.07, 6.45) is 0. The van der Waals surface area contributed by atoms with E-state index in [1.807, 2.05) is 6.07 Å². The Hall–Kier alpha value is -5.60. The van der Waals surface area contributed by atoms with Crippen molar-refractivity contribution in [3.8, 4) is 56.0 Å². The third-order valence-corrected chi connectivity index (χ3v) is 8.58. The van der Waals surface area contributed by atoms with Crippen LogP contribution in [0.1, 0.15) is 0 Å². The van der Waals surface area contributed by atoms with Gasteiger partial charge in [0.2, 0.25) is 0 Å². The van der Waals surface area contributed by atoms with Gasteiger partial charge in [0.1, 0.15) is 11.5 Å². The largest absolute Gasteiger partial charge is 0.458 e. The molecule has 0 saturated carbocycles. The van der Waals surface area contributed by atoms with E-state index in [-0.39, 0.29) is 6.71 Å². The summed E-state index contributed by atoms with van der Waals surface area (Å²) < 4.78 is 6.54.